The van der Waals surface area contributed by atoms with Gasteiger partial charge < -0.3 is 0 Å². The van der Waals surface area contributed by atoms with E-state index < -0.39 is 0 Å². The zero-order valence-corrected chi connectivity index (χ0v) is 8.72. The first-order valence-corrected chi connectivity index (χ1v) is 5.50. The third kappa shape index (κ3) is 1.73. The Morgan fingerprint density at radius 2 is 2.38 bits per heavy atom. The topological polar surface area (TPSA) is 17.8 Å². The second-order valence-corrected chi connectivity index (χ2v) is 3.95. The molecule has 1 aliphatic carbocycles. The molecule has 0 bridgehead atoms. The highest BCUT2D eigenvalue weighted by molar-refractivity contribution is 6.17. The van der Waals surface area contributed by atoms with Crippen molar-refractivity contribution in [3.8, 4) is 0 Å². The first-order valence-electron chi connectivity index (χ1n) is 4.97. The van der Waals surface area contributed by atoms with Crippen LogP contribution in [0.25, 0.3) is 0 Å². The quantitative estimate of drug-likeness (QED) is 0.681. The number of nitrogens with zero attached hydrogens (tertiary/aromatic N) is 2. The number of aryl methyl sites for hydroxylation is 1. The zero-order valence-electron chi connectivity index (χ0n) is 7.96. The van der Waals surface area contributed by atoms with E-state index in [2.05, 4.69) is 16.7 Å². The Morgan fingerprint density at radius 1 is 1.62 bits per heavy atom. The lowest BCUT2D eigenvalue weighted by Gasteiger charge is -2.05. The Hall–Kier alpha value is -0.500. The van der Waals surface area contributed by atoms with E-state index in [4.69, 9.17) is 11.6 Å². The summed E-state index contributed by atoms with van der Waals surface area (Å²) in [5.74, 6) is 1.36. The lowest BCUT2D eigenvalue weighted by molar-refractivity contribution is 0.574. The molecule has 0 aliphatic heterocycles. The van der Waals surface area contributed by atoms with Crippen molar-refractivity contribution in [1.29, 1.82) is 0 Å². The van der Waals surface area contributed by atoms with Gasteiger partial charge in [0.25, 0.3) is 0 Å². The summed E-state index contributed by atoms with van der Waals surface area (Å²) in [6.45, 7) is 3.21. The molecule has 1 heterocycles. The van der Waals surface area contributed by atoms with Crippen molar-refractivity contribution < 1.29 is 0 Å². The van der Waals surface area contributed by atoms with E-state index in [-0.39, 0.29) is 0 Å². The van der Waals surface area contributed by atoms with Crippen molar-refractivity contribution in [2.75, 3.05) is 0 Å². The summed E-state index contributed by atoms with van der Waals surface area (Å²) in [4.78, 5) is 0. The SMILES string of the molecule is CCCn1ncc(CCl)c1C1CC1. The first kappa shape index (κ1) is 9.07. The molecular formula is C10H15ClN2. The van der Waals surface area contributed by atoms with Crippen molar-refractivity contribution in [3.63, 3.8) is 0 Å². The highest BCUT2D eigenvalue weighted by atomic mass is 35.5. The van der Waals surface area contributed by atoms with Crippen LogP contribution in [-0.2, 0) is 12.4 Å². The highest BCUT2D eigenvalue weighted by Gasteiger charge is 2.29. The Labute approximate surface area is 83.9 Å². The highest BCUT2D eigenvalue weighted by Crippen LogP contribution is 2.41. The molecule has 2 rings (SSSR count). The van der Waals surface area contributed by atoms with Crippen LogP contribution in [0.3, 0.4) is 0 Å². The van der Waals surface area contributed by atoms with E-state index in [1.54, 1.807) is 0 Å². The lowest BCUT2D eigenvalue weighted by atomic mass is 10.2. The number of hydrogen-bond donors (Lipinski definition) is 0. The Kier molecular flexibility index (Phi) is 2.58. The van der Waals surface area contributed by atoms with Crippen LogP contribution in [0.15, 0.2) is 6.20 Å². The summed E-state index contributed by atoms with van der Waals surface area (Å²) in [6.07, 6.45) is 5.71. The van der Waals surface area contributed by atoms with Gasteiger partial charge in [-0.2, -0.15) is 5.10 Å². The number of rotatable bonds is 4. The van der Waals surface area contributed by atoms with Crippen molar-refractivity contribution in [3.05, 3.63) is 17.5 Å². The van der Waals surface area contributed by atoms with Gasteiger partial charge in [0.1, 0.15) is 0 Å². The molecule has 0 unspecified atom stereocenters. The molecule has 0 spiro atoms. The molecule has 1 aliphatic rings. The normalized spacial score (nSPS) is 16.5. The van der Waals surface area contributed by atoms with Gasteiger partial charge in [-0.25, -0.2) is 0 Å². The van der Waals surface area contributed by atoms with Crippen LogP contribution in [0, 0.1) is 0 Å². The van der Waals surface area contributed by atoms with E-state index in [9.17, 15) is 0 Å². The maximum Gasteiger partial charge on any atom is 0.0536 e. The minimum Gasteiger partial charge on any atom is -0.269 e. The molecule has 0 amide bonds. The molecule has 3 heteroatoms. The molecule has 1 aromatic heterocycles. The Balaban J connectivity index is 2.27. The summed E-state index contributed by atoms with van der Waals surface area (Å²) in [7, 11) is 0. The second kappa shape index (κ2) is 3.70. The van der Waals surface area contributed by atoms with E-state index in [1.807, 2.05) is 6.20 Å². The van der Waals surface area contributed by atoms with Crippen LogP contribution in [0.2, 0.25) is 0 Å². The molecule has 1 saturated carbocycles. The standard InChI is InChI=1S/C10H15ClN2/c1-2-5-13-10(8-3-4-8)9(6-11)7-12-13/h7-8H,2-6H2,1H3. The van der Waals surface area contributed by atoms with Gasteiger partial charge in [0, 0.05) is 23.7 Å². The molecule has 0 aromatic carbocycles. The fourth-order valence-electron chi connectivity index (χ4n) is 1.76. The number of alkyl halides is 1. The fourth-order valence-corrected chi connectivity index (χ4v) is 1.96. The maximum absolute atomic E-state index is 5.86. The molecular weight excluding hydrogens is 184 g/mol. The van der Waals surface area contributed by atoms with Crippen LogP contribution in [-0.4, -0.2) is 9.78 Å². The molecule has 0 atom stereocenters. The van der Waals surface area contributed by atoms with E-state index in [0.717, 1.165) is 18.9 Å². The van der Waals surface area contributed by atoms with Gasteiger partial charge in [0.15, 0.2) is 0 Å². The molecule has 2 nitrogen and oxygen atoms in total. The number of aromatic nitrogens is 2. The predicted molar refractivity (Wildman–Crippen MR) is 54.1 cm³/mol. The van der Waals surface area contributed by atoms with Crippen molar-refractivity contribution in [2.45, 2.75) is 44.5 Å². The van der Waals surface area contributed by atoms with Gasteiger partial charge >= 0.3 is 0 Å². The van der Waals surface area contributed by atoms with Crippen molar-refractivity contribution >= 4 is 11.6 Å². The first-order chi connectivity index (χ1) is 6.36. The van der Waals surface area contributed by atoms with Crippen LogP contribution in [0.4, 0.5) is 0 Å². The summed E-state index contributed by atoms with van der Waals surface area (Å²) >= 11 is 5.86. The molecule has 13 heavy (non-hydrogen) atoms. The number of halogens is 1. The minimum atomic E-state index is 0.607. The average Bonchev–Trinajstić information content (AvgIpc) is 2.89. The van der Waals surface area contributed by atoms with E-state index in [0.29, 0.717) is 5.88 Å². The molecule has 0 radical (unpaired) electrons. The van der Waals surface area contributed by atoms with Crippen LogP contribution in [0.5, 0.6) is 0 Å². The fraction of sp³-hybridized carbons (Fsp3) is 0.700. The third-order valence-corrected chi connectivity index (χ3v) is 2.79. The average molecular weight is 199 g/mol. The molecule has 1 aromatic rings. The predicted octanol–water partition coefficient (Wildman–Crippen LogP) is 2.91. The Bertz CT molecular complexity index is 289. The summed E-state index contributed by atoms with van der Waals surface area (Å²) in [5.41, 5.74) is 2.63. The largest absolute Gasteiger partial charge is 0.269 e. The minimum absolute atomic E-state index is 0.607. The molecule has 0 N–H and O–H groups in total. The smallest absolute Gasteiger partial charge is 0.0536 e. The van der Waals surface area contributed by atoms with Gasteiger partial charge in [-0.3, -0.25) is 4.68 Å². The van der Waals surface area contributed by atoms with Crippen molar-refractivity contribution in [2.24, 2.45) is 0 Å². The zero-order chi connectivity index (χ0) is 9.26. The van der Waals surface area contributed by atoms with Crippen LogP contribution >= 0.6 is 11.6 Å². The van der Waals surface area contributed by atoms with Gasteiger partial charge in [-0.05, 0) is 19.3 Å². The van der Waals surface area contributed by atoms with Gasteiger partial charge in [-0.15, -0.1) is 11.6 Å². The third-order valence-electron chi connectivity index (χ3n) is 2.50. The van der Waals surface area contributed by atoms with Gasteiger partial charge in [0.2, 0.25) is 0 Å². The number of hydrogen-bond acceptors (Lipinski definition) is 1. The van der Waals surface area contributed by atoms with E-state index in [1.165, 1.54) is 24.1 Å². The summed E-state index contributed by atoms with van der Waals surface area (Å²) in [5, 5.41) is 4.37. The van der Waals surface area contributed by atoms with Gasteiger partial charge in [0.05, 0.1) is 12.1 Å². The van der Waals surface area contributed by atoms with Crippen LogP contribution in [0.1, 0.15) is 43.4 Å². The van der Waals surface area contributed by atoms with Gasteiger partial charge in [-0.1, -0.05) is 6.92 Å². The lowest BCUT2D eigenvalue weighted by Crippen LogP contribution is -2.04. The molecule has 1 fully saturated rings. The van der Waals surface area contributed by atoms with Crippen LogP contribution < -0.4 is 0 Å². The monoisotopic (exact) mass is 198 g/mol. The molecule has 72 valence electrons. The maximum atomic E-state index is 5.86. The Morgan fingerprint density at radius 3 is 2.92 bits per heavy atom. The molecule has 0 saturated heterocycles. The summed E-state index contributed by atoms with van der Waals surface area (Å²) in [6, 6.07) is 0. The van der Waals surface area contributed by atoms with E-state index >= 15 is 0 Å². The summed E-state index contributed by atoms with van der Waals surface area (Å²) < 4.78 is 2.13. The second-order valence-electron chi connectivity index (χ2n) is 3.69. The van der Waals surface area contributed by atoms with Crippen molar-refractivity contribution in [1.82, 2.24) is 9.78 Å².